The number of piperidine rings is 1. The highest BCUT2D eigenvalue weighted by Crippen LogP contribution is 2.25. The summed E-state index contributed by atoms with van der Waals surface area (Å²) >= 11 is 0. The number of hydrogen-bond donors (Lipinski definition) is 1. The summed E-state index contributed by atoms with van der Waals surface area (Å²) in [5.74, 6) is 0. The molecule has 0 atom stereocenters. The monoisotopic (exact) mass is 312 g/mol. The van der Waals surface area contributed by atoms with Crippen LogP contribution in [0, 0.1) is 0 Å². The van der Waals surface area contributed by atoms with Crippen molar-refractivity contribution in [3.63, 3.8) is 0 Å². The molecule has 1 saturated heterocycles. The van der Waals surface area contributed by atoms with Crippen LogP contribution in [-0.2, 0) is 10.0 Å². The van der Waals surface area contributed by atoms with Gasteiger partial charge >= 0.3 is 0 Å². The van der Waals surface area contributed by atoms with Crippen LogP contribution >= 0.6 is 0 Å². The lowest BCUT2D eigenvalue weighted by Crippen LogP contribution is -2.45. The summed E-state index contributed by atoms with van der Waals surface area (Å²) < 4.78 is 27.0. The fourth-order valence-corrected chi connectivity index (χ4v) is 4.24. The third-order valence-corrected chi connectivity index (χ3v) is 6.05. The summed E-state index contributed by atoms with van der Waals surface area (Å²) in [6.45, 7) is 5.05. The molecule has 1 aliphatic rings. The molecule has 2 rings (SSSR count). The summed E-state index contributed by atoms with van der Waals surface area (Å²) in [6.07, 6.45) is 3.25. The Bertz CT molecular complexity index is 568. The smallest absolute Gasteiger partial charge is 0.262 e. The standard InChI is InChI=1S/C14H24N4O2S/c1-4-18-10-7-12(8-11-18)17(3)21(19,20)14-13(15-2)6-5-9-16-14/h5-6,9,12,15H,4,7-8,10-11H2,1-3H3. The normalized spacial score (nSPS) is 18.1. The zero-order valence-corrected chi connectivity index (χ0v) is 13.7. The lowest BCUT2D eigenvalue weighted by molar-refractivity contribution is 0.176. The Kier molecular flexibility index (Phi) is 5.18. The van der Waals surface area contributed by atoms with E-state index in [2.05, 4.69) is 22.1 Å². The maximum Gasteiger partial charge on any atom is 0.262 e. The minimum atomic E-state index is -3.56. The van der Waals surface area contributed by atoms with Crippen molar-refractivity contribution in [3.8, 4) is 0 Å². The number of aromatic nitrogens is 1. The Balaban J connectivity index is 2.19. The number of sulfonamides is 1. The predicted octanol–water partition coefficient (Wildman–Crippen LogP) is 1.23. The largest absolute Gasteiger partial charge is 0.386 e. The summed E-state index contributed by atoms with van der Waals surface area (Å²) in [5, 5.41) is 3.00. The van der Waals surface area contributed by atoms with Crippen LogP contribution in [0.4, 0.5) is 5.69 Å². The molecule has 0 radical (unpaired) electrons. The lowest BCUT2D eigenvalue weighted by atomic mass is 10.1. The minimum Gasteiger partial charge on any atom is -0.386 e. The Morgan fingerprint density at radius 3 is 2.67 bits per heavy atom. The van der Waals surface area contributed by atoms with Gasteiger partial charge in [0.1, 0.15) is 0 Å². The van der Waals surface area contributed by atoms with Crippen molar-refractivity contribution in [2.24, 2.45) is 0 Å². The van der Waals surface area contributed by atoms with Crippen molar-refractivity contribution >= 4 is 15.7 Å². The summed E-state index contributed by atoms with van der Waals surface area (Å²) in [5.41, 5.74) is 0.537. The summed E-state index contributed by atoms with van der Waals surface area (Å²) in [7, 11) is -0.198. The van der Waals surface area contributed by atoms with E-state index < -0.39 is 10.0 Å². The summed E-state index contributed by atoms with van der Waals surface area (Å²) in [6, 6.07) is 3.50. The van der Waals surface area contributed by atoms with Gasteiger partial charge in [-0.25, -0.2) is 13.4 Å². The first-order chi connectivity index (χ1) is 10.0. The van der Waals surface area contributed by atoms with Gasteiger partial charge in [-0.15, -0.1) is 0 Å². The highest BCUT2D eigenvalue weighted by molar-refractivity contribution is 7.89. The van der Waals surface area contributed by atoms with E-state index in [0.29, 0.717) is 5.69 Å². The number of pyridine rings is 1. The van der Waals surface area contributed by atoms with Crippen LogP contribution in [0.2, 0.25) is 0 Å². The number of likely N-dealkylation sites (tertiary alicyclic amines) is 1. The topological polar surface area (TPSA) is 65.5 Å². The average Bonchev–Trinajstić information content (AvgIpc) is 2.54. The molecule has 21 heavy (non-hydrogen) atoms. The second-order valence-corrected chi connectivity index (χ2v) is 7.21. The molecule has 1 aromatic heterocycles. The quantitative estimate of drug-likeness (QED) is 0.886. The van der Waals surface area contributed by atoms with Crippen molar-refractivity contribution in [2.75, 3.05) is 39.0 Å². The van der Waals surface area contributed by atoms with Gasteiger partial charge in [-0.05, 0) is 44.6 Å². The molecule has 1 aromatic rings. The zero-order chi connectivity index (χ0) is 15.5. The number of anilines is 1. The van der Waals surface area contributed by atoms with Gasteiger partial charge < -0.3 is 10.2 Å². The van der Waals surface area contributed by atoms with Gasteiger partial charge in [0.2, 0.25) is 0 Å². The van der Waals surface area contributed by atoms with Gasteiger partial charge in [-0.3, -0.25) is 0 Å². The average molecular weight is 312 g/mol. The lowest BCUT2D eigenvalue weighted by Gasteiger charge is -2.35. The molecular weight excluding hydrogens is 288 g/mol. The Hall–Kier alpha value is -1.18. The van der Waals surface area contributed by atoms with E-state index in [1.807, 2.05) is 0 Å². The second kappa shape index (κ2) is 6.72. The Labute approximate surface area is 127 Å². The summed E-state index contributed by atoms with van der Waals surface area (Å²) in [4.78, 5) is 6.41. The third-order valence-electron chi connectivity index (χ3n) is 4.18. The van der Waals surface area contributed by atoms with E-state index in [0.717, 1.165) is 32.5 Å². The molecule has 0 unspecified atom stereocenters. The van der Waals surface area contributed by atoms with Gasteiger partial charge in [0.15, 0.2) is 5.03 Å². The first-order valence-corrected chi connectivity index (χ1v) is 8.77. The van der Waals surface area contributed by atoms with Crippen LogP contribution in [0.3, 0.4) is 0 Å². The van der Waals surface area contributed by atoms with Crippen molar-refractivity contribution < 1.29 is 8.42 Å². The van der Waals surface area contributed by atoms with Gasteiger partial charge in [0.25, 0.3) is 10.0 Å². The third kappa shape index (κ3) is 3.36. The number of nitrogens with one attached hydrogen (secondary N) is 1. The molecule has 118 valence electrons. The van der Waals surface area contributed by atoms with Crippen LogP contribution in [0.15, 0.2) is 23.4 Å². The van der Waals surface area contributed by atoms with E-state index in [4.69, 9.17) is 0 Å². The van der Waals surface area contributed by atoms with Crippen LogP contribution in [0.1, 0.15) is 19.8 Å². The first kappa shape index (κ1) is 16.2. The van der Waals surface area contributed by atoms with E-state index in [1.54, 1.807) is 26.2 Å². The van der Waals surface area contributed by atoms with Crippen LogP contribution in [0.25, 0.3) is 0 Å². The number of hydrogen-bond acceptors (Lipinski definition) is 5. The van der Waals surface area contributed by atoms with Crippen LogP contribution in [0.5, 0.6) is 0 Å². The van der Waals surface area contributed by atoms with Crippen molar-refractivity contribution in [1.29, 1.82) is 0 Å². The Morgan fingerprint density at radius 1 is 1.43 bits per heavy atom. The van der Waals surface area contributed by atoms with Gasteiger partial charge in [-0.2, -0.15) is 4.31 Å². The molecule has 0 bridgehead atoms. The van der Waals surface area contributed by atoms with Crippen molar-refractivity contribution in [2.45, 2.75) is 30.8 Å². The van der Waals surface area contributed by atoms with E-state index in [-0.39, 0.29) is 11.1 Å². The minimum absolute atomic E-state index is 0.0458. The molecule has 7 heteroatoms. The van der Waals surface area contributed by atoms with Crippen LogP contribution < -0.4 is 5.32 Å². The van der Waals surface area contributed by atoms with Crippen LogP contribution in [-0.4, -0.2) is 62.4 Å². The van der Waals surface area contributed by atoms with Gasteiger partial charge in [0, 0.05) is 26.3 Å². The fraction of sp³-hybridized carbons (Fsp3) is 0.643. The molecule has 0 spiro atoms. The highest BCUT2D eigenvalue weighted by Gasteiger charge is 2.32. The zero-order valence-electron chi connectivity index (χ0n) is 12.9. The SMILES string of the molecule is CCN1CCC(N(C)S(=O)(=O)c2ncccc2NC)CC1. The van der Waals surface area contributed by atoms with Crippen molar-refractivity contribution in [1.82, 2.24) is 14.2 Å². The van der Waals surface area contributed by atoms with E-state index in [1.165, 1.54) is 10.5 Å². The second-order valence-electron chi connectivity index (χ2n) is 5.29. The van der Waals surface area contributed by atoms with Gasteiger partial charge in [-0.1, -0.05) is 6.92 Å². The van der Waals surface area contributed by atoms with E-state index in [9.17, 15) is 8.42 Å². The maximum absolute atomic E-state index is 12.8. The molecular formula is C14H24N4O2S. The fourth-order valence-electron chi connectivity index (χ4n) is 2.72. The highest BCUT2D eigenvalue weighted by atomic mass is 32.2. The molecule has 0 saturated carbocycles. The predicted molar refractivity (Wildman–Crippen MR) is 83.9 cm³/mol. The molecule has 0 aromatic carbocycles. The number of rotatable bonds is 5. The maximum atomic E-state index is 12.8. The molecule has 1 fully saturated rings. The van der Waals surface area contributed by atoms with Gasteiger partial charge in [0.05, 0.1) is 5.69 Å². The molecule has 0 aliphatic carbocycles. The Morgan fingerprint density at radius 2 is 2.10 bits per heavy atom. The molecule has 6 nitrogen and oxygen atoms in total. The molecule has 0 amide bonds. The van der Waals surface area contributed by atoms with E-state index >= 15 is 0 Å². The number of nitrogens with zero attached hydrogens (tertiary/aromatic N) is 3. The molecule has 1 aliphatic heterocycles. The molecule has 2 heterocycles. The first-order valence-electron chi connectivity index (χ1n) is 7.33. The molecule has 1 N–H and O–H groups in total. The van der Waals surface area contributed by atoms with Crippen molar-refractivity contribution in [3.05, 3.63) is 18.3 Å².